The lowest BCUT2D eigenvalue weighted by Crippen LogP contribution is -2.25. The van der Waals surface area contributed by atoms with Crippen LogP contribution in [0.4, 0.5) is 0 Å². The van der Waals surface area contributed by atoms with Crippen LogP contribution in [0.15, 0.2) is 28.0 Å². The van der Waals surface area contributed by atoms with Crippen molar-refractivity contribution in [2.75, 3.05) is 6.54 Å². The lowest BCUT2D eigenvalue weighted by Gasteiger charge is -2.04. The first-order valence-electron chi connectivity index (χ1n) is 6.62. The first kappa shape index (κ1) is 15.7. The topological polar surface area (TPSA) is 110 Å². The molecule has 0 saturated carbocycles. The van der Waals surface area contributed by atoms with Gasteiger partial charge in [-0.1, -0.05) is 12.1 Å². The summed E-state index contributed by atoms with van der Waals surface area (Å²) in [6, 6.07) is 1.48. The van der Waals surface area contributed by atoms with Gasteiger partial charge in [-0.25, -0.2) is 13.1 Å². The number of sulfonamides is 1. The highest BCUT2D eigenvalue weighted by Crippen LogP contribution is 2.15. The first-order chi connectivity index (χ1) is 10.1. The predicted molar refractivity (Wildman–Crippen MR) is 73.8 cm³/mol. The molecule has 21 heavy (non-hydrogen) atoms. The van der Waals surface area contributed by atoms with Crippen molar-refractivity contribution in [2.24, 2.45) is 0 Å². The van der Waals surface area contributed by atoms with Crippen LogP contribution in [-0.4, -0.2) is 34.8 Å². The second kappa shape index (κ2) is 6.83. The van der Waals surface area contributed by atoms with Crippen molar-refractivity contribution in [3.8, 4) is 0 Å². The molecule has 8 nitrogen and oxygen atoms in total. The molecule has 0 amide bonds. The monoisotopic (exact) mass is 314 g/mol. The Hall–Kier alpha value is -1.71. The molecule has 0 aliphatic carbocycles. The zero-order valence-electron chi connectivity index (χ0n) is 11.7. The van der Waals surface area contributed by atoms with E-state index < -0.39 is 10.0 Å². The van der Waals surface area contributed by atoms with Crippen LogP contribution in [0.25, 0.3) is 0 Å². The van der Waals surface area contributed by atoms with E-state index in [2.05, 4.69) is 14.9 Å². The lowest BCUT2D eigenvalue weighted by atomic mass is 10.4. The van der Waals surface area contributed by atoms with Gasteiger partial charge in [0.25, 0.3) is 0 Å². The summed E-state index contributed by atoms with van der Waals surface area (Å²) in [4.78, 5) is 3.96. The van der Waals surface area contributed by atoms with Crippen molar-refractivity contribution < 1.29 is 18.0 Å². The third-order valence-corrected chi connectivity index (χ3v) is 4.36. The fourth-order valence-corrected chi connectivity index (χ4v) is 3.03. The van der Waals surface area contributed by atoms with Crippen LogP contribution >= 0.6 is 0 Å². The van der Waals surface area contributed by atoms with Crippen molar-refractivity contribution in [2.45, 2.75) is 37.8 Å². The maximum atomic E-state index is 12.2. The summed E-state index contributed by atoms with van der Waals surface area (Å²) in [7, 11) is -3.62. The average Bonchev–Trinajstić information content (AvgIpc) is 3.08. The van der Waals surface area contributed by atoms with E-state index in [0.29, 0.717) is 24.6 Å². The molecular formula is C12H18N4O4S. The Kier molecular flexibility index (Phi) is 5.10. The van der Waals surface area contributed by atoms with Gasteiger partial charge < -0.3 is 14.2 Å². The molecule has 0 aliphatic heterocycles. The van der Waals surface area contributed by atoms with Crippen LogP contribution < -0.4 is 4.72 Å². The number of nitrogens with zero attached hydrogens (tertiary/aromatic N) is 3. The predicted octanol–water partition coefficient (Wildman–Crippen LogP) is 0.294. The van der Waals surface area contributed by atoms with Gasteiger partial charge in [0.05, 0.1) is 11.5 Å². The second-order valence-corrected chi connectivity index (χ2v) is 6.27. The molecule has 0 aliphatic rings. The molecule has 2 aromatic heterocycles. The maximum Gasteiger partial charge on any atom is 0.242 e. The molecule has 2 rings (SSSR count). The van der Waals surface area contributed by atoms with E-state index in [-0.39, 0.29) is 18.0 Å². The number of rotatable bonds is 8. The summed E-state index contributed by atoms with van der Waals surface area (Å²) >= 11 is 0. The van der Waals surface area contributed by atoms with E-state index in [4.69, 9.17) is 4.52 Å². The van der Waals surface area contributed by atoms with Gasteiger partial charge in [-0.2, -0.15) is 4.98 Å². The number of hydrogen-bond acceptors (Lipinski definition) is 6. The zero-order chi connectivity index (χ0) is 15.3. The number of aromatic nitrogens is 3. The van der Waals surface area contributed by atoms with E-state index in [0.717, 1.165) is 6.42 Å². The smallest absolute Gasteiger partial charge is 0.242 e. The Balaban J connectivity index is 2.04. The van der Waals surface area contributed by atoms with E-state index in [1.54, 1.807) is 4.57 Å². The molecular weight excluding hydrogens is 296 g/mol. The largest absolute Gasteiger partial charge is 0.390 e. The minimum absolute atomic E-state index is 0.144. The molecule has 2 N–H and O–H groups in total. The van der Waals surface area contributed by atoms with Gasteiger partial charge >= 0.3 is 0 Å². The summed E-state index contributed by atoms with van der Waals surface area (Å²) in [5.41, 5.74) is 0.578. The number of aliphatic hydroxyl groups excluding tert-OH is 1. The Morgan fingerprint density at radius 1 is 1.48 bits per heavy atom. The van der Waals surface area contributed by atoms with E-state index in [1.807, 2.05) is 6.92 Å². The van der Waals surface area contributed by atoms with Gasteiger partial charge in [-0.05, 0) is 12.5 Å². The minimum Gasteiger partial charge on any atom is -0.390 e. The third kappa shape index (κ3) is 3.90. The minimum atomic E-state index is -3.62. The maximum absolute atomic E-state index is 12.2. The quantitative estimate of drug-likeness (QED) is 0.725. The number of nitrogens with one attached hydrogen (secondary N) is 1. The third-order valence-electron chi connectivity index (χ3n) is 2.94. The molecule has 2 aromatic rings. The fraction of sp³-hybridized carbons (Fsp3) is 0.500. The highest BCUT2D eigenvalue weighted by molar-refractivity contribution is 7.89. The van der Waals surface area contributed by atoms with Crippen LogP contribution in [0.2, 0.25) is 0 Å². The molecule has 0 bridgehead atoms. The van der Waals surface area contributed by atoms with Crippen LogP contribution in [0.3, 0.4) is 0 Å². The van der Waals surface area contributed by atoms with Gasteiger partial charge in [-0.3, -0.25) is 0 Å². The van der Waals surface area contributed by atoms with Gasteiger partial charge in [0.1, 0.15) is 0 Å². The molecule has 116 valence electrons. The number of aliphatic hydroxyl groups is 1. The molecule has 2 heterocycles. The molecule has 0 aromatic carbocycles. The van der Waals surface area contributed by atoms with Crippen molar-refractivity contribution in [3.63, 3.8) is 0 Å². The van der Waals surface area contributed by atoms with Crippen molar-refractivity contribution in [1.29, 1.82) is 0 Å². The molecule has 0 saturated heterocycles. The summed E-state index contributed by atoms with van der Waals surface area (Å²) in [5.74, 6) is 0.373. The highest BCUT2D eigenvalue weighted by atomic mass is 32.2. The van der Waals surface area contributed by atoms with Crippen LogP contribution in [0, 0.1) is 0 Å². The van der Waals surface area contributed by atoms with Crippen molar-refractivity contribution in [1.82, 2.24) is 19.4 Å². The second-order valence-electron chi connectivity index (χ2n) is 4.50. The molecule has 9 heteroatoms. The van der Waals surface area contributed by atoms with E-state index in [1.165, 1.54) is 18.6 Å². The van der Waals surface area contributed by atoms with Gasteiger partial charge in [-0.15, -0.1) is 0 Å². The van der Waals surface area contributed by atoms with E-state index in [9.17, 15) is 13.5 Å². The summed E-state index contributed by atoms with van der Waals surface area (Å²) in [6.45, 7) is 2.61. The average molecular weight is 314 g/mol. The van der Waals surface area contributed by atoms with Crippen molar-refractivity contribution in [3.05, 3.63) is 30.2 Å². The van der Waals surface area contributed by atoms with E-state index >= 15 is 0 Å². The van der Waals surface area contributed by atoms with Crippen LogP contribution in [0.5, 0.6) is 0 Å². The van der Waals surface area contributed by atoms with Crippen LogP contribution in [0.1, 0.15) is 24.9 Å². The van der Waals surface area contributed by atoms with Gasteiger partial charge in [0.15, 0.2) is 6.33 Å². The summed E-state index contributed by atoms with van der Waals surface area (Å²) in [5, 5.41) is 12.7. The Morgan fingerprint density at radius 3 is 2.90 bits per heavy atom. The Labute approximate surface area is 122 Å². The standard InChI is InChI=1S/C12H18N4O4S/c1-2-5-16-7-11(6-10(16)8-17)21(18,19)15-4-3-12-13-9-14-20-12/h6-7,9,15,17H,2-5,8H2,1H3. The fourth-order valence-electron chi connectivity index (χ4n) is 1.94. The zero-order valence-corrected chi connectivity index (χ0v) is 12.5. The Bertz CT molecular complexity index is 663. The number of aryl methyl sites for hydroxylation is 1. The van der Waals surface area contributed by atoms with Gasteiger partial charge in [0, 0.05) is 31.4 Å². The normalized spacial score (nSPS) is 11.9. The number of hydrogen-bond donors (Lipinski definition) is 2. The molecule has 0 spiro atoms. The summed E-state index contributed by atoms with van der Waals surface area (Å²) < 4.78 is 33.4. The molecule has 0 atom stereocenters. The summed E-state index contributed by atoms with van der Waals surface area (Å²) in [6.07, 6.45) is 3.97. The van der Waals surface area contributed by atoms with Crippen LogP contribution in [-0.2, 0) is 29.6 Å². The van der Waals surface area contributed by atoms with Gasteiger partial charge in [0.2, 0.25) is 15.9 Å². The first-order valence-corrected chi connectivity index (χ1v) is 8.10. The SMILES string of the molecule is CCCn1cc(S(=O)(=O)NCCc2ncno2)cc1CO. The molecule has 0 unspecified atom stereocenters. The Morgan fingerprint density at radius 2 is 2.29 bits per heavy atom. The highest BCUT2D eigenvalue weighted by Gasteiger charge is 2.18. The lowest BCUT2D eigenvalue weighted by molar-refractivity contribution is 0.270. The van der Waals surface area contributed by atoms with Crippen molar-refractivity contribution >= 4 is 10.0 Å². The molecule has 0 radical (unpaired) electrons. The molecule has 0 fully saturated rings.